The molecule has 0 radical (unpaired) electrons. The number of pyridine rings is 1. The maximum absolute atomic E-state index is 12.5. The van der Waals surface area contributed by atoms with E-state index in [2.05, 4.69) is 9.88 Å². The van der Waals surface area contributed by atoms with Crippen molar-refractivity contribution < 1.29 is 9.59 Å². The zero-order chi connectivity index (χ0) is 17.7. The summed E-state index contributed by atoms with van der Waals surface area (Å²) in [5.41, 5.74) is 0.178. The molecule has 132 valence electrons. The summed E-state index contributed by atoms with van der Waals surface area (Å²) < 4.78 is 0. The normalized spacial score (nSPS) is 15.4. The average molecular weight is 373 g/mol. The Morgan fingerprint density at radius 2 is 1.75 bits per heavy atom. The number of carbonyl (C=O) groups excluding carboxylic acids is 2. The molecule has 0 aromatic carbocycles. The maximum Gasteiger partial charge on any atom is 0.274 e. The molecule has 0 saturated carbocycles. The molecule has 1 aromatic heterocycles. The Bertz CT molecular complexity index is 600. The molecule has 0 aliphatic carbocycles. The fraction of sp³-hybridized carbons (Fsp3) is 0.562. The highest BCUT2D eigenvalue weighted by atomic mass is 35.5. The van der Waals surface area contributed by atoms with E-state index in [9.17, 15) is 9.59 Å². The van der Waals surface area contributed by atoms with Gasteiger partial charge in [-0.05, 0) is 26.0 Å². The monoisotopic (exact) mass is 372 g/mol. The SMILES string of the molecule is CCN(CC)C(=O)CN1CCN(C(=O)c2nc(Cl)ccc2Cl)CC1. The Morgan fingerprint density at radius 1 is 1.12 bits per heavy atom. The number of halogens is 2. The van der Waals surface area contributed by atoms with Crippen LogP contribution in [-0.2, 0) is 4.79 Å². The molecule has 0 bridgehead atoms. The van der Waals surface area contributed by atoms with Crippen LogP contribution in [0.4, 0.5) is 0 Å². The smallest absolute Gasteiger partial charge is 0.274 e. The van der Waals surface area contributed by atoms with Gasteiger partial charge in [0, 0.05) is 39.3 Å². The third-order valence-corrected chi connectivity index (χ3v) is 4.66. The predicted octanol–water partition coefficient (Wildman–Crippen LogP) is 2.01. The largest absolute Gasteiger partial charge is 0.342 e. The fourth-order valence-electron chi connectivity index (χ4n) is 2.69. The number of carbonyl (C=O) groups is 2. The van der Waals surface area contributed by atoms with Gasteiger partial charge in [-0.15, -0.1) is 0 Å². The molecular formula is C16H22Cl2N4O2. The molecule has 8 heteroatoms. The first-order valence-corrected chi connectivity index (χ1v) is 8.83. The Balaban J connectivity index is 1.91. The van der Waals surface area contributed by atoms with Gasteiger partial charge in [0.15, 0.2) is 0 Å². The number of piperazine rings is 1. The van der Waals surface area contributed by atoms with Gasteiger partial charge in [0.25, 0.3) is 5.91 Å². The quantitative estimate of drug-likeness (QED) is 0.741. The summed E-state index contributed by atoms with van der Waals surface area (Å²) >= 11 is 11.9. The molecule has 24 heavy (non-hydrogen) atoms. The second-order valence-electron chi connectivity index (χ2n) is 5.60. The first-order valence-electron chi connectivity index (χ1n) is 8.07. The molecule has 1 saturated heterocycles. The van der Waals surface area contributed by atoms with Crippen molar-refractivity contribution in [1.29, 1.82) is 0 Å². The minimum Gasteiger partial charge on any atom is -0.342 e. The van der Waals surface area contributed by atoms with Gasteiger partial charge < -0.3 is 9.80 Å². The van der Waals surface area contributed by atoms with Crippen molar-refractivity contribution in [2.24, 2.45) is 0 Å². The van der Waals surface area contributed by atoms with Gasteiger partial charge >= 0.3 is 0 Å². The number of amides is 2. The lowest BCUT2D eigenvalue weighted by atomic mass is 10.2. The van der Waals surface area contributed by atoms with Crippen LogP contribution < -0.4 is 0 Å². The van der Waals surface area contributed by atoms with Crippen molar-refractivity contribution in [2.45, 2.75) is 13.8 Å². The lowest BCUT2D eigenvalue weighted by molar-refractivity contribution is -0.132. The first kappa shape index (κ1) is 19.0. The molecule has 0 spiro atoms. The summed E-state index contributed by atoms with van der Waals surface area (Å²) in [7, 11) is 0. The summed E-state index contributed by atoms with van der Waals surface area (Å²) in [6.07, 6.45) is 0. The van der Waals surface area contributed by atoms with Crippen LogP contribution in [0.2, 0.25) is 10.2 Å². The van der Waals surface area contributed by atoms with E-state index >= 15 is 0 Å². The highest BCUT2D eigenvalue weighted by Crippen LogP contribution is 2.19. The van der Waals surface area contributed by atoms with E-state index in [4.69, 9.17) is 23.2 Å². The molecule has 0 unspecified atom stereocenters. The Kier molecular flexibility index (Phi) is 6.83. The summed E-state index contributed by atoms with van der Waals surface area (Å²) in [5.74, 6) is -0.100. The number of hydrogen-bond donors (Lipinski definition) is 0. The molecular weight excluding hydrogens is 351 g/mol. The molecule has 2 heterocycles. The summed E-state index contributed by atoms with van der Waals surface area (Å²) in [6.45, 7) is 8.14. The second-order valence-corrected chi connectivity index (χ2v) is 6.39. The Morgan fingerprint density at radius 3 is 2.33 bits per heavy atom. The van der Waals surface area contributed by atoms with Gasteiger partial charge in [0.2, 0.25) is 5.91 Å². The van der Waals surface area contributed by atoms with Crippen molar-refractivity contribution >= 4 is 35.0 Å². The average Bonchev–Trinajstić information content (AvgIpc) is 2.58. The molecule has 0 atom stereocenters. The van der Waals surface area contributed by atoms with Crippen LogP contribution in [-0.4, -0.2) is 77.3 Å². The molecule has 1 aliphatic rings. The van der Waals surface area contributed by atoms with E-state index in [1.54, 1.807) is 17.0 Å². The van der Waals surface area contributed by atoms with E-state index in [-0.39, 0.29) is 22.7 Å². The van der Waals surface area contributed by atoms with Gasteiger partial charge in [0.1, 0.15) is 10.8 Å². The fourth-order valence-corrected chi connectivity index (χ4v) is 3.03. The summed E-state index contributed by atoms with van der Waals surface area (Å²) in [4.78, 5) is 34.3. The topological polar surface area (TPSA) is 56.8 Å². The number of hydrogen-bond acceptors (Lipinski definition) is 4. The Hall–Kier alpha value is -1.37. The third-order valence-electron chi connectivity index (χ3n) is 4.15. The number of likely N-dealkylation sites (N-methyl/N-ethyl adjacent to an activating group) is 1. The van der Waals surface area contributed by atoms with Gasteiger partial charge in [-0.2, -0.15) is 0 Å². The zero-order valence-corrected chi connectivity index (χ0v) is 15.5. The molecule has 1 aromatic rings. The number of rotatable bonds is 5. The summed E-state index contributed by atoms with van der Waals surface area (Å²) in [6, 6.07) is 3.13. The van der Waals surface area contributed by atoms with E-state index < -0.39 is 0 Å². The second kappa shape index (κ2) is 8.65. The van der Waals surface area contributed by atoms with Crippen LogP contribution in [0.5, 0.6) is 0 Å². The Labute approximate surface area is 152 Å². The lowest BCUT2D eigenvalue weighted by Crippen LogP contribution is -2.51. The van der Waals surface area contributed by atoms with Crippen molar-refractivity contribution in [3.8, 4) is 0 Å². The van der Waals surface area contributed by atoms with E-state index in [0.29, 0.717) is 50.8 Å². The molecule has 2 rings (SSSR count). The maximum atomic E-state index is 12.5. The van der Waals surface area contributed by atoms with Crippen LogP contribution in [0, 0.1) is 0 Å². The predicted molar refractivity (Wildman–Crippen MR) is 94.5 cm³/mol. The van der Waals surface area contributed by atoms with E-state index in [1.165, 1.54) is 0 Å². The van der Waals surface area contributed by atoms with Crippen LogP contribution in [0.15, 0.2) is 12.1 Å². The van der Waals surface area contributed by atoms with Crippen molar-refractivity contribution in [1.82, 2.24) is 19.7 Å². The summed E-state index contributed by atoms with van der Waals surface area (Å²) in [5, 5.41) is 0.537. The van der Waals surface area contributed by atoms with Crippen molar-refractivity contribution in [3.63, 3.8) is 0 Å². The highest BCUT2D eigenvalue weighted by Gasteiger charge is 2.26. The van der Waals surface area contributed by atoms with Crippen molar-refractivity contribution in [2.75, 3.05) is 45.8 Å². The molecule has 2 amide bonds. The van der Waals surface area contributed by atoms with E-state index in [1.807, 2.05) is 18.7 Å². The van der Waals surface area contributed by atoms with Gasteiger partial charge in [-0.3, -0.25) is 14.5 Å². The van der Waals surface area contributed by atoms with Crippen LogP contribution >= 0.6 is 23.2 Å². The standard InChI is InChI=1S/C16H22Cl2N4O2/c1-3-21(4-2)14(23)11-20-7-9-22(10-8-20)16(24)15-12(17)5-6-13(18)19-15/h5-6H,3-4,7-11H2,1-2H3. The van der Waals surface area contributed by atoms with Crippen LogP contribution in [0.25, 0.3) is 0 Å². The lowest BCUT2D eigenvalue weighted by Gasteiger charge is -2.35. The van der Waals surface area contributed by atoms with Crippen molar-refractivity contribution in [3.05, 3.63) is 28.0 Å². The molecule has 0 N–H and O–H groups in total. The minimum atomic E-state index is -0.225. The first-order chi connectivity index (χ1) is 11.5. The van der Waals surface area contributed by atoms with Crippen LogP contribution in [0.1, 0.15) is 24.3 Å². The van der Waals surface area contributed by atoms with E-state index in [0.717, 1.165) is 0 Å². The molecule has 6 nitrogen and oxygen atoms in total. The number of nitrogens with zero attached hydrogens (tertiary/aromatic N) is 4. The van der Waals surface area contributed by atoms with Crippen LogP contribution in [0.3, 0.4) is 0 Å². The van der Waals surface area contributed by atoms with Gasteiger partial charge in [0.05, 0.1) is 11.6 Å². The molecule has 1 aliphatic heterocycles. The zero-order valence-electron chi connectivity index (χ0n) is 14.0. The van der Waals surface area contributed by atoms with Gasteiger partial charge in [-0.25, -0.2) is 4.98 Å². The third kappa shape index (κ3) is 4.59. The minimum absolute atomic E-state index is 0.124. The number of aromatic nitrogens is 1. The molecule has 1 fully saturated rings. The highest BCUT2D eigenvalue weighted by molar-refractivity contribution is 6.34. The van der Waals surface area contributed by atoms with Gasteiger partial charge in [-0.1, -0.05) is 23.2 Å².